The smallest absolute Gasteiger partial charge is 0.305 e. The molecule has 0 unspecified atom stereocenters. The van der Waals surface area contributed by atoms with E-state index < -0.39 is 18.4 Å². The summed E-state index contributed by atoms with van der Waals surface area (Å²) in [7, 11) is 0. The quantitative estimate of drug-likeness (QED) is 0.549. The molecule has 0 aromatic heterocycles. The minimum atomic E-state index is -0.918. The highest BCUT2D eigenvalue weighted by molar-refractivity contribution is 5.96. The van der Waals surface area contributed by atoms with Crippen molar-refractivity contribution in [2.45, 2.75) is 0 Å². The van der Waals surface area contributed by atoms with Crippen molar-refractivity contribution in [1.82, 2.24) is 5.32 Å². The third kappa shape index (κ3) is 3.18. The molecule has 6 nitrogen and oxygen atoms in total. The summed E-state index contributed by atoms with van der Waals surface area (Å²) < 4.78 is 0. The summed E-state index contributed by atoms with van der Waals surface area (Å²) in [5.74, 6) is -1.37. The van der Waals surface area contributed by atoms with E-state index in [2.05, 4.69) is 10.5 Å². The molecule has 0 aliphatic carbocycles. The zero-order valence-corrected chi connectivity index (χ0v) is 7.77. The van der Waals surface area contributed by atoms with Crippen molar-refractivity contribution >= 4 is 17.5 Å². The third-order valence-electron chi connectivity index (χ3n) is 1.67. The summed E-state index contributed by atoms with van der Waals surface area (Å²) in [5, 5.41) is 4.39. The Kier molecular flexibility index (Phi) is 3.50. The van der Waals surface area contributed by atoms with Gasteiger partial charge in [-0.15, -0.1) is 4.91 Å². The Bertz CT molecular complexity index is 386. The van der Waals surface area contributed by atoms with E-state index in [0.717, 1.165) is 0 Å². The summed E-state index contributed by atoms with van der Waals surface area (Å²) in [6, 6.07) is 6.16. The van der Waals surface area contributed by atoms with Crippen LogP contribution in [0.4, 0.5) is 5.69 Å². The molecule has 0 aliphatic heterocycles. The Balaban J connectivity index is 2.57. The molecule has 0 heterocycles. The topological polar surface area (TPSA) is 102 Å². The van der Waals surface area contributed by atoms with Gasteiger partial charge in [0.2, 0.25) is 0 Å². The number of nitrogens with two attached hydrogens (primary N) is 1. The Morgan fingerprint density at radius 1 is 1.27 bits per heavy atom. The number of nitrogen functional groups attached to an aromatic ring is 1. The number of nitroso groups, excluding NO2 is 1. The Labute approximate surface area is 85.4 Å². The number of benzene rings is 1. The third-order valence-corrected chi connectivity index (χ3v) is 1.67. The molecule has 0 aliphatic rings. The van der Waals surface area contributed by atoms with E-state index in [1.165, 1.54) is 12.1 Å². The predicted octanol–water partition coefficient (Wildman–Crippen LogP) is 0.292. The van der Waals surface area contributed by atoms with Crippen LogP contribution in [0.5, 0.6) is 0 Å². The van der Waals surface area contributed by atoms with Gasteiger partial charge in [0, 0.05) is 16.4 Å². The maximum atomic E-state index is 11.3. The molecule has 78 valence electrons. The molecule has 2 amide bonds. The Morgan fingerprint density at radius 3 is 2.40 bits per heavy atom. The first kappa shape index (κ1) is 10.8. The second-order valence-corrected chi connectivity index (χ2v) is 2.79. The molecule has 6 heteroatoms. The maximum Gasteiger partial charge on any atom is 0.305 e. The highest BCUT2D eigenvalue weighted by atomic mass is 16.3. The first-order valence-corrected chi connectivity index (χ1v) is 4.13. The first-order chi connectivity index (χ1) is 7.13. The van der Waals surface area contributed by atoms with Crippen LogP contribution in [0.2, 0.25) is 0 Å². The highest BCUT2D eigenvalue weighted by Crippen LogP contribution is 2.04. The van der Waals surface area contributed by atoms with Gasteiger partial charge in [0.15, 0.2) is 0 Å². The summed E-state index contributed by atoms with van der Waals surface area (Å²) >= 11 is 0. The second kappa shape index (κ2) is 4.85. The normalized spacial score (nSPS) is 9.33. The van der Waals surface area contributed by atoms with E-state index in [9.17, 15) is 14.5 Å². The van der Waals surface area contributed by atoms with Gasteiger partial charge in [-0.1, -0.05) is 0 Å². The summed E-state index contributed by atoms with van der Waals surface area (Å²) in [4.78, 5) is 31.5. The van der Waals surface area contributed by atoms with Gasteiger partial charge in [0.25, 0.3) is 5.91 Å². The molecular formula is C9H9N3O3. The lowest BCUT2D eigenvalue weighted by Crippen LogP contribution is -2.28. The lowest BCUT2D eigenvalue weighted by atomic mass is 10.2. The van der Waals surface area contributed by atoms with Crippen LogP contribution in [0.25, 0.3) is 0 Å². The minimum Gasteiger partial charge on any atom is -0.399 e. The van der Waals surface area contributed by atoms with Crippen LogP contribution in [0, 0.1) is 4.91 Å². The number of anilines is 1. The molecule has 0 saturated carbocycles. The van der Waals surface area contributed by atoms with Crippen molar-refractivity contribution in [3.8, 4) is 0 Å². The van der Waals surface area contributed by atoms with Crippen LogP contribution in [0.3, 0.4) is 0 Å². The number of hydrogen-bond donors (Lipinski definition) is 2. The Hall–Kier alpha value is -2.24. The molecule has 0 fully saturated rings. The summed E-state index contributed by atoms with van der Waals surface area (Å²) in [5.41, 5.74) is 6.33. The molecule has 0 radical (unpaired) electrons. The lowest BCUT2D eigenvalue weighted by molar-refractivity contribution is -0.117. The van der Waals surface area contributed by atoms with Crippen LogP contribution in [0.1, 0.15) is 10.4 Å². The molecule has 0 saturated heterocycles. The van der Waals surface area contributed by atoms with Crippen LogP contribution in [0.15, 0.2) is 29.4 Å². The standard InChI is InChI=1S/C9H9N3O3/c10-7-3-1-6(2-4-7)9(14)11-5-8(13)12-15/h1-4H,5,10H2,(H,11,14). The average molecular weight is 207 g/mol. The van der Waals surface area contributed by atoms with Crippen molar-refractivity contribution < 1.29 is 9.59 Å². The summed E-state index contributed by atoms with van der Waals surface area (Å²) in [6.45, 7) is -0.396. The molecule has 15 heavy (non-hydrogen) atoms. The van der Waals surface area contributed by atoms with Crippen LogP contribution in [-0.2, 0) is 4.79 Å². The zero-order chi connectivity index (χ0) is 11.3. The Morgan fingerprint density at radius 2 is 1.87 bits per heavy atom. The summed E-state index contributed by atoms with van der Waals surface area (Å²) in [6.07, 6.45) is 0. The van der Waals surface area contributed by atoms with Gasteiger partial charge in [0.05, 0.1) is 0 Å². The number of rotatable bonds is 3. The van der Waals surface area contributed by atoms with Gasteiger partial charge in [-0.3, -0.25) is 9.59 Å². The molecular weight excluding hydrogens is 198 g/mol. The van der Waals surface area contributed by atoms with E-state index in [1.54, 1.807) is 12.1 Å². The number of amides is 2. The fourth-order valence-electron chi connectivity index (χ4n) is 0.925. The van der Waals surface area contributed by atoms with E-state index in [-0.39, 0.29) is 0 Å². The van der Waals surface area contributed by atoms with Crippen molar-refractivity contribution in [3.05, 3.63) is 34.7 Å². The highest BCUT2D eigenvalue weighted by Gasteiger charge is 2.07. The van der Waals surface area contributed by atoms with Gasteiger partial charge in [0.1, 0.15) is 6.54 Å². The minimum absolute atomic E-state index is 0.364. The predicted molar refractivity (Wildman–Crippen MR) is 54.0 cm³/mol. The molecule has 0 atom stereocenters. The molecule has 0 spiro atoms. The SMILES string of the molecule is Nc1ccc(C(=O)NCC(=O)N=O)cc1. The fourth-order valence-corrected chi connectivity index (χ4v) is 0.925. The zero-order valence-electron chi connectivity index (χ0n) is 7.77. The van der Waals surface area contributed by atoms with E-state index in [0.29, 0.717) is 11.3 Å². The van der Waals surface area contributed by atoms with E-state index in [1.807, 2.05) is 0 Å². The maximum absolute atomic E-state index is 11.3. The van der Waals surface area contributed by atoms with E-state index in [4.69, 9.17) is 5.73 Å². The number of nitrogens with one attached hydrogen (secondary N) is 1. The number of carbonyl (C=O) groups is 2. The molecule has 3 N–H and O–H groups in total. The largest absolute Gasteiger partial charge is 0.399 e. The van der Waals surface area contributed by atoms with Gasteiger partial charge in [-0.2, -0.15) is 0 Å². The molecule has 1 aromatic carbocycles. The first-order valence-electron chi connectivity index (χ1n) is 4.13. The van der Waals surface area contributed by atoms with Crippen molar-refractivity contribution in [2.24, 2.45) is 5.18 Å². The van der Waals surface area contributed by atoms with Crippen molar-refractivity contribution in [1.29, 1.82) is 0 Å². The van der Waals surface area contributed by atoms with Gasteiger partial charge in [-0.05, 0) is 24.3 Å². The number of hydrogen-bond acceptors (Lipinski definition) is 4. The number of carbonyl (C=O) groups excluding carboxylic acids is 2. The monoisotopic (exact) mass is 207 g/mol. The molecule has 0 bridgehead atoms. The van der Waals surface area contributed by atoms with Crippen molar-refractivity contribution in [3.63, 3.8) is 0 Å². The van der Waals surface area contributed by atoms with E-state index >= 15 is 0 Å². The lowest BCUT2D eigenvalue weighted by Gasteiger charge is -2.01. The second-order valence-electron chi connectivity index (χ2n) is 2.79. The molecule has 1 aromatic rings. The van der Waals surface area contributed by atoms with Crippen LogP contribution < -0.4 is 11.1 Å². The van der Waals surface area contributed by atoms with Crippen LogP contribution in [-0.4, -0.2) is 18.4 Å². The van der Waals surface area contributed by atoms with Crippen LogP contribution >= 0.6 is 0 Å². The fraction of sp³-hybridized carbons (Fsp3) is 0.111. The number of nitrogens with zero attached hydrogens (tertiary/aromatic N) is 1. The van der Waals surface area contributed by atoms with Gasteiger partial charge < -0.3 is 11.1 Å². The average Bonchev–Trinajstić information content (AvgIpc) is 2.26. The van der Waals surface area contributed by atoms with Crippen molar-refractivity contribution in [2.75, 3.05) is 12.3 Å². The van der Waals surface area contributed by atoms with Gasteiger partial charge in [-0.25, -0.2) is 0 Å². The molecule has 1 rings (SSSR count). The van der Waals surface area contributed by atoms with Gasteiger partial charge >= 0.3 is 5.91 Å².